The van der Waals surface area contributed by atoms with Crippen LogP contribution < -0.4 is 10.9 Å². The van der Waals surface area contributed by atoms with Gasteiger partial charge in [0.25, 0.3) is 0 Å². The Kier molecular flexibility index (Phi) is 2.75. The summed E-state index contributed by atoms with van der Waals surface area (Å²) in [6.45, 7) is 2.36. The minimum absolute atomic E-state index is 0.341. The van der Waals surface area contributed by atoms with Crippen LogP contribution in [0.1, 0.15) is 12.0 Å². The molecule has 1 heterocycles. The zero-order valence-electron chi connectivity index (χ0n) is 8.97. The third-order valence-electron chi connectivity index (χ3n) is 2.31. The fourth-order valence-corrected chi connectivity index (χ4v) is 1.46. The summed E-state index contributed by atoms with van der Waals surface area (Å²) in [7, 11) is 0. The fraction of sp³-hybridized carbons (Fsp3) is 0.273. The third kappa shape index (κ3) is 1.83. The maximum atomic E-state index is 8.46. The Balaban J connectivity index is 2.33. The number of benzene rings is 1. The first-order chi connectivity index (χ1) is 7.72. The summed E-state index contributed by atoms with van der Waals surface area (Å²) in [6, 6.07) is 8.11. The van der Waals surface area contributed by atoms with E-state index in [9.17, 15) is 0 Å². The highest BCUT2D eigenvalue weighted by atomic mass is 16.4. The van der Waals surface area contributed by atoms with Gasteiger partial charge in [-0.3, -0.25) is 5.01 Å². The number of aromatic nitrogens is 1. The Morgan fingerprint density at radius 3 is 3.06 bits per heavy atom. The van der Waals surface area contributed by atoms with Crippen molar-refractivity contribution in [3.63, 3.8) is 0 Å². The van der Waals surface area contributed by atoms with Crippen molar-refractivity contribution in [2.24, 2.45) is 5.84 Å². The van der Waals surface area contributed by atoms with Crippen LogP contribution in [0.4, 0.5) is 6.01 Å². The van der Waals surface area contributed by atoms with Crippen molar-refractivity contribution in [2.75, 3.05) is 11.6 Å². The van der Waals surface area contributed by atoms with Crippen LogP contribution in [-0.2, 0) is 0 Å². The van der Waals surface area contributed by atoms with Crippen LogP contribution in [0.5, 0.6) is 0 Å². The number of aryl methyl sites for hydroxylation is 1. The first-order valence-corrected chi connectivity index (χ1v) is 4.97. The lowest BCUT2D eigenvalue weighted by Crippen LogP contribution is -2.31. The molecule has 0 spiro atoms. The van der Waals surface area contributed by atoms with Crippen molar-refractivity contribution in [1.82, 2.24) is 4.98 Å². The number of fused-ring (bicyclic) bond motifs is 1. The van der Waals surface area contributed by atoms with Gasteiger partial charge < -0.3 is 4.42 Å². The average molecular weight is 216 g/mol. The van der Waals surface area contributed by atoms with Gasteiger partial charge in [0.15, 0.2) is 5.58 Å². The number of hydrazine groups is 1. The van der Waals surface area contributed by atoms with Crippen molar-refractivity contribution < 1.29 is 4.42 Å². The van der Waals surface area contributed by atoms with Crippen LogP contribution >= 0.6 is 0 Å². The molecule has 0 aliphatic carbocycles. The number of rotatable bonds is 3. The molecule has 0 radical (unpaired) electrons. The Labute approximate surface area is 93.0 Å². The largest absolute Gasteiger partial charge is 0.422 e. The Hall–Kier alpha value is -2.06. The molecule has 16 heavy (non-hydrogen) atoms. The molecule has 1 aromatic heterocycles. The van der Waals surface area contributed by atoms with E-state index in [1.54, 1.807) is 0 Å². The lowest BCUT2D eigenvalue weighted by molar-refractivity contribution is 0.571. The molecule has 2 rings (SSSR count). The third-order valence-corrected chi connectivity index (χ3v) is 2.31. The summed E-state index contributed by atoms with van der Waals surface area (Å²) in [5.41, 5.74) is 2.54. The number of para-hydroxylation sites is 1. The summed E-state index contributed by atoms with van der Waals surface area (Å²) in [6.07, 6.45) is 0.341. The topological polar surface area (TPSA) is 79.1 Å². The van der Waals surface area contributed by atoms with Gasteiger partial charge in [-0.2, -0.15) is 10.2 Å². The van der Waals surface area contributed by atoms with Crippen LogP contribution in [0, 0.1) is 18.3 Å². The molecule has 0 atom stereocenters. The number of hydrogen-bond donors (Lipinski definition) is 1. The number of anilines is 1. The lowest BCUT2D eigenvalue weighted by Gasteiger charge is -2.10. The SMILES string of the molecule is Cc1cccc2nc(N(N)CCC#N)oc12. The summed E-state index contributed by atoms with van der Waals surface area (Å²) < 4.78 is 5.54. The molecule has 1 aromatic carbocycles. The molecule has 0 aliphatic heterocycles. The van der Waals surface area contributed by atoms with Gasteiger partial charge in [0, 0.05) is 0 Å². The van der Waals surface area contributed by atoms with E-state index in [1.807, 2.05) is 31.2 Å². The van der Waals surface area contributed by atoms with Crippen LogP contribution in [0.2, 0.25) is 0 Å². The van der Waals surface area contributed by atoms with Crippen LogP contribution in [-0.4, -0.2) is 11.5 Å². The maximum Gasteiger partial charge on any atom is 0.313 e. The monoisotopic (exact) mass is 216 g/mol. The molecular formula is C11H12N4O. The maximum absolute atomic E-state index is 8.46. The standard InChI is InChI=1S/C11H12N4O/c1-8-4-2-5-9-10(8)16-11(14-9)15(13)7-3-6-12/h2,4-5H,3,7,13H2,1H3. The van der Waals surface area contributed by atoms with Gasteiger partial charge in [-0.05, 0) is 18.6 Å². The van der Waals surface area contributed by atoms with Crippen molar-refractivity contribution in [1.29, 1.82) is 5.26 Å². The molecule has 0 unspecified atom stereocenters. The quantitative estimate of drug-likeness (QED) is 0.624. The van der Waals surface area contributed by atoms with E-state index < -0.39 is 0 Å². The highest BCUT2D eigenvalue weighted by Gasteiger charge is 2.11. The van der Waals surface area contributed by atoms with Crippen molar-refractivity contribution >= 4 is 17.1 Å². The Morgan fingerprint density at radius 1 is 1.56 bits per heavy atom. The summed E-state index contributed by atoms with van der Waals surface area (Å²) in [4.78, 5) is 4.25. The summed E-state index contributed by atoms with van der Waals surface area (Å²) in [5.74, 6) is 5.72. The molecule has 0 fully saturated rings. The molecule has 5 heteroatoms. The van der Waals surface area contributed by atoms with Crippen LogP contribution in [0.15, 0.2) is 22.6 Å². The van der Waals surface area contributed by atoms with E-state index in [0.717, 1.165) is 16.7 Å². The van der Waals surface area contributed by atoms with Gasteiger partial charge >= 0.3 is 6.01 Å². The Morgan fingerprint density at radius 2 is 2.38 bits per heavy atom. The molecule has 0 saturated heterocycles. The highest BCUT2D eigenvalue weighted by molar-refractivity contribution is 5.77. The van der Waals surface area contributed by atoms with Gasteiger partial charge in [0.1, 0.15) is 5.52 Å². The van der Waals surface area contributed by atoms with E-state index in [2.05, 4.69) is 4.98 Å². The van der Waals surface area contributed by atoms with Gasteiger partial charge in [0.05, 0.1) is 19.0 Å². The molecule has 0 bridgehead atoms. The second-order valence-corrected chi connectivity index (χ2v) is 3.52. The molecule has 0 saturated carbocycles. The molecule has 82 valence electrons. The Bertz CT molecular complexity index is 540. The average Bonchev–Trinajstić information content (AvgIpc) is 2.71. The van der Waals surface area contributed by atoms with Crippen molar-refractivity contribution in [2.45, 2.75) is 13.3 Å². The van der Waals surface area contributed by atoms with Crippen molar-refractivity contribution in [3.05, 3.63) is 23.8 Å². The molecule has 0 amide bonds. The number of nitrogens with zero attached hydrogens (tertiary/aromatic N) is 3. The lowest BCUT2D eigenvalue weighted by atomic mass is 10.2. The molecule has 2 aromatic rings. The fourth-order valence-electron chi connectivity index (χ4n) is 1.46. The first-order valence-electron chi connectivity index (χ1n) is 4.97. The summed E-state index contributed by atoms with van der Waals surface area (Å²) in [5, 5.41) is 9.81. The zero-order valence-corrected chi connectivity index (χ0v) is 8.97. The number of oxazole rings is 1. The zero-order chi connectivity index (χ0) is 11.5. The van der Waals surface area contributed by atoms with Gasteiger partial charge in [-0.1, -0.05) is 12.1 Å². The van der Waals surface area contributed by atoms with Crippen LogP contribution in [0.3, 0.4) is 0 Å². The highest BCUT2D eigenvalue weighted by Crippen LogP contribution is 2.23. The van der Waals surface area contributed by atoms with Crippen molar-refractivity contribution in [3.8, 4) is 6.07 Å². The summed E-state index contributed by atoms with van der Waals surface area (Å²) >= 11 is 0. The second-order valence-electron chi connectivity index (χ2n) is 3.52. The van der Waals surface area contributed by atoms with E-state index in [1.165, 1.54) is 5.01 Å². The molecule has 2 N–H and O–H groups in total. The number of hydrogen-bond acceptors (Lipinski definition) is 5. The van der Waals surface area contributed by atoms with Crippen LogP contribution in [0.25, 0.3) is 11.1 Å². The van der Waals surface area contributed by atoms with E-state index in [-0.39, 0.29) is 0 Å². The van der Waals surface area contributed by atoms with E-state index in [0.29, 0.717) is 19.0 Å². The second kappa shape index (κ2) is 4.21. The smallest absolute Gasteiger partial charge is 0.313 e. The predicted octanol–water partition coefficient (Wildman–Crippen LogP) is 1.73. The minimum Gasteiger partial charge on any atom is -0.422 e. The first kappa shape index (κ1) is 10.5. The van der Waals surface area contributed by atoms with E-state index >= 15 is 0 Å². The van der Waals surface area contributed by atoms with Gasteiger partial charge in [-0.15, -0.1) is 0 Å². The molecule has 5 nitrogen and oxygen atoms in total. The number of nitrogens with two attached hydrogens (primary N) is 1. The normalized spacial score (nSPS) is 10.3. The van der Waals surface area contributed by atoms with E-state index in [4.69, 9.17) is 15.5 Å². The van der Waals surface area contributed by atoms with Gasteiger partial charge in [0.2, 0.25) is 0 Å². The predicted molar refractivity (Wildman–Crippen MR) is 60.5 cm³/mol. The molecule has 0 aliphatic rings. The number of nitriles is 1. The molecular weight excluding hydrogens is 204 g/mol. The minimum atomic E-state index is 0.341. The van der Waals surface area contributed by atoms with Gasteiger partial charge in [-0.25, -0.2) is 5.84 Å².